The zero-order valence-electron chi connectivity index (χ0n) is 13.3. The van der Waals surface area contributed by atoms with Crippen LogP contribution in [0.1, 0.15) is 22.9 Å². The smallest absolute Gasteiger partial charge is 0.192 e. The van der Waals surface area contributed by atoms with Crippen molar-refractivity contribution in [3.8, 4) is 0 Å². The lowest BCUT2D eigenvalue weighted by Crippen LogP contribution is -2.07. The molecule has 9 heteroatoms. The lowest BCUT2D eigenvalue weighted by Gasteiger charge is -2.17. The second-order valence-corrected chi connectivity index (χ2v) is 8.48. The number of sulfone groups is 1. The molecule has 1 aromatic heterocycles. The maximum atomic E-state index is 13.5. The summed E-state index contributed by atoms with van der Waals surface area (Å²) in [7, 11) is -3.50. The van der Waals surface area contributed by atoms with E-state index in [9.17, 15) is 17.2 Å². The van der Waals surface area contributed by atoms with Gasteiger partial charge >= 0.3 is 0 Å². The minimum atomic E-state index is -3.50. The summed E-state index contributed by atoms with van der Waals surface area (Å²) in [6.45, 7) is 0. The molecule has 3 rings (SSSR count). The molecule has 0 aliphatic rings. The number of halogens is 4. The van der Waals surface area contributed by atoms with Gasteiger partial charge in [0.1, 0.15) is 17.5 Å². The molecule has 0 aliphatic carbocycles. The molecular formula is C17H12Cl2F2N2O2S. The number of aromatic amines is 1. The summed E-state index contributed by atoms with van der Waals surface area (Å²) >= 11 is 11.8. The Morgan fingerprint density at radius 3 is 1.88 bits per heavy atom. The van der Waals surface area contributed by atoms with Crippen molar-refractivity contribution in [2.75, 3.05) is 6.26 Å². The van der Waals surface area contributed by atoms with E-state index in [0.717, 1.165) is 6.26 Å². The Balaban J connectivity index is 2.19. The summed E-state index contributed by atoms with van der Waals surface area (Å²) in [5.74, 6) is -1.57. The van der Waals surface area contributed by atoms with Crippen LogP contribution in [0.5, 0.6) is 0 Å². The van der Waals surface area contributed by atoms with E-state index in [2.05, 4.69) is 9.97 Å². The molecule has 0 aliphatic heterocycles. The van der Waals surface area contributed by atoms with Gasteiger partial charge in [-0.15, -0.1) is 0 Å². The van der Waals surface area contributed by atoms with Gasteiger partial charge in [0.2, 0.25) is 0 Å². The van der Waals surface area contributed by atoms with Crippen molar-refractivity contribution in [3.63, 3.8) is 0 Å². The summed E-state index contributed by atoms with van der Waals surface area (Å²) in [6, 6.07) is 8.17. The van der Waals surface area contributed by atoms with Crippen molar-refractivity contribution in [1.29, 1.82) is 0 Å². The molecule has 26 heavy (non-hydrogen) atoms. The van der Waals surface area contributed by atoms with Crippen LogP contribution in [-0.2, 0) is 9.84 Å². The van der Waals surface area contributed by atoms with Crippen molar-refractivity contribution < 1.29 is 17.2 Å². The summed E-state index contributed by atoms with van der Waals surface area (Å²) in [5, 5.41) is -0.273. The molecule has 0 radical (unpaired) electrons. The second-order valence-electron chi connectivity index (χ2n) is 5.68. The number of nitrogens with one attached hydrogen (secondary N) is 1. The Morgan fingerprint density at radius 2 is 1.50 bits per heavy atom. The van der Waals surface area contributed by atoms with Gasteiger partial charge in [-0.25, -0.2) is 22.2 Å². The van der Waals surface area contributed by atoms with Crippen LogP contribution in [0.25, 0.3) is 0 Å². The molecule has 0 saturated carbocycles. The van der Waals surface area contributed by atoms with Crippen LogP contribution in [0.15, 0.2) is 47.6 Å². The zero-order chi connectivity index (χ0) is 19.1. The number of benzene rings is 2. The molecule has 0 fully saturated rings. The Kier molecular flexibility index (Phi) is 5.05. The average molecular weight is 417 g/mol. The monoisotopic (exact) mass is 416 g/mol. The molecule has 2 aromatic carbocycles. The van der Waals surface area contributed by atoms with Crippen molar-refractivity contribution >= 4 is 33.0 Å². The number of rotatable bonds is 4. The van der Waals surface area contributed by atoms with Crippen LogP contribution in [0.4, 0.5) is 8.78 Å². The number of hydrogen-bond donors (Lipinski definition) is 1. The van der Waals surface area contributed by atoms with Crippen molar-refractivity contribution in [1.82, 2.24) is 9.97 Å². The number of imidazole rings is 1. The summed E-state index contributed by atoms with van der Waals surface area (Å²) in [4.78, 5) is 6.88. The maximum absolute atomic E-state index is 13.5. The third kappa shape index (κ3) is 3.75. The fourth-order valence-corrected chi connectivity index (χ4v) is 3.46. The molecular weight excluding hydrogens is 405 g/mol. The van der Waals surface area contributed by atoms with E-state index in [1.54, 1.807) is 0 Å². The molecule has 0 spiro atoms. The maximum Gasteiger partial charge on any atom is 0.192 e. The first-order valence-electron chi connectivity index (χ1n) is 7.31. The minimum Gasteiger partial charge on any atom is -0.332 e. The third-order valence-corrected chi connectivity index (χ3v) is 5.38. The molecule has 3 aromatic rings. The Hall–Kier alpha value is -1.96. The van der Waals surface area contributed by atoms with Crippen LogP contribution < -0.4 is 0 Å². The van der Waals surface area contributed by atoms with Gasteiger partial charge in [0.15, 0.2) is 14.9 Å². The van der Waals surface area contributed by atoms with Crippen molar-refractivity contribution in [3.05, 3.63) is 81.2 Å². The normalized spacial score (nSPS) is 11.9. The predicted octanol–water partition coefficient (Wildman–Crippen LogP) is 4.58. The fraction of sp³-hybridized carbons (Fsp3) is 0.118. The number of aromatic nitrogens is 2. The van der Waals surface area contributed by atoms with E-state index >= 15 is 0 Å². The van der Waals surface area contributed by atoms with Gasteiger partial charge in [-0.3, -0.25) is 0 Å². The van der Waals surface area contributed by atoms with Gasteiger partial charge in [0.05, 0.1) is 22.2 Å². The van der Waals surface area contributed by atoms with Crippen LogP contribution in [0.3, 0.4) is 0 Å². The molecule has 0 bridgehead atoms. The number of H-pyrrole nitrogens is 1. The lowest BCUT2D eigenvalue weighted by molar-refractivity contribution is 0.598. The van der Waals surface area contributed by atoms with E-state index in [1.165, 1.54) is 42.6 Å². The molecule has 136 valence electrons. The number of nitrogens with zero attached hydrogens (tertiary/aromatic N) is 1. The van der Waals surface area contributed by atoms with E-state index in [-0.39, 0.29) is 20.9 Å². The summed E-state index contributed by atoms with van der Waals surface area (Å²) < 4.78 is 50.5. The standard InChI is InChI=1S/C17H12Cl2F2N2O2S/c1-26(24,25)15-8-22-17(23-15)16(9-2-4-13(20)11(18)6-9)10-3-5-14(21)12(19)7-10/h2-8,16H,1H3,(H,22,23). The largest absolute Gasteiger partial charge is 0.332 e. The van der Waals surface area contributed by atoms with Gasteiger partial charge < -0.3 is 4.98 Å². The van der Waals surface area contributed by atoms with Crippen molar-refractivity contribution in [2.24, 2.45) is 0 Å². The summed E-state index contributed by atoms with van der Waals surface area (Å²) in [5.41, 5.74) is 1.07. The van der Waals surface area contributed by atoms with Gasteiger partial charge in [-0.1, -0.05) is 35.3 Å². The van der Waals surface area contributed by atoms with E-state index in [1.807, 2.05) is 0 Å². The zero-order valence-corrected chi connectivity index (χ0v) is 15.6. The van der Waals surface area contributed by atoms with Gasteiger partial charge in [0.25, 0.3) is 0 Å². The van der Waals surface area contributed by atoms with E-state index < -0.39 is 27.4 Å². The van der Waals surface area contributed by atoms with Crippen LogP contribution in [-0.4, -0.2) is 24.6 Å². The highest BCUT2D eigenvalue weighted by atomic mass is 35.5. The molecule has 1 heterocycles. The Labute approximate surface area is 158 Å². The predicted molar refractivity (Wildman–Crippen MR) is 95.5 cm³/mol. The first-order valence-corrected chi connectivity index (χ1v) is 9.96. The average Bonchev–Trinajstić information content (AvgIpc) is 3.04. The SMILES string of the molecule is CS(=O)(=O)c1cnc(C(c2ccc(F)c(Cl)c2)c2ccc(F)c(Cl)c2)[nH]1. The molecule has 1 N–H and O–H groups in total. The van der Waals surface area contributed by atoms with Crippen molar-refractivity contribution in [2.45, 2.75) is 10.9 Å². The molecule has 0 atom stereocenters. The molecule has 0 unspecified atom stereocenters. The highest BCUT2D eigenvalue weighted by molar-refractivity contribution is 7.90. The first kappa shape index (κ1) is 18.8. The topological polar surface area (TPSA) is 62.8 Å². The quantitative estimate of drug-likeness (QED) is 0.676. The Morgan fingerprint density at radius 1 is 1.00 bits per heavy atom. The number of hydrogen-bond acceptors (Lipinski definition) is 3. The van der Waals surface area contributed by atoms with Gasteiger partial charge in [0, 0.05) is 6.26 Å². The third-order valence-electron chi connectivity index (χ3n) is 3.80. The minimum absolute atomic E-state index is 0.0704. The van der Waals surface area contributed by atoms with Crippen LogP contribution >= 0.6 is 23.2 Å². The molecule has 0 amide bonds. The first-order chi connectivity index (χ1) is 12.2. The lowest BCUT2D eigenvalue weighted by atomic mass is 9.90. The van der Waals surface area contributed by atoms with Crippen LogP contribution in [0.2, 0.25) is 10.0 Å². The Bertz CT molecular complexity index is 1030. The highest BCUT2D eigenvalue weighted by Gasteiger charge is 2.23. The van der Waals surface area contributed by atoms with E-state index in [4.69, 9.17) is 23.2 Å². The van der Waals surface area contributed by atoms with Crippen LogP contribution in [0, 0.1) is 11.6 Å². The van der Waals surface area contributed by atoms with Gasteiger partial charge in [-0.05, 0) is 35.4 Å². The fourth-order valence-electron chi connectivity index (χ4n) is 2.55. The highest BCUT2D eigenvalue weighted by Crippen LogP contribution is 2.34. The van der Waals surface area contributed by atoms with Gasteiger partial charge in [-0.2, -0.15) is 0 Å². The summed E-state index contributed by atoms with van der Waals surface area (Å²) in [6.07, 6.45) is 2.23. The molecule has 0 saturated heterocycles. The van der Waals surface area contributed by atoms with E-state index in [0.29, 0.717) is 11.1 Å². The second kappa shape index (κ2) is 6.98. The molecule has 4 nitrogen and oxygen atoms in total.